The number of nitrogens with zero attached hydrogens (tertiary/aromatic N) is 1. The molecule has 0 aliphatic carbocycles. The number of carboxylic acids is 1. The Labute approximate surface area is 158 Å². The maximum Gasteiger partial charge on any atom is 0.303 e. The summed E-state index contributed by atoms with van der Waals surface area (Å²) in [6.45, 7) is 0. The highest BCUT2D eigenvalue weighted by Crippen LogP contribution is 2.43. The van der Waals surface area contributed by atoms with Gasteiger partial charge >= 0.3 is 5.97 Å². The van der Waals surface area contributed by atoms with Crippen LogP contribution in [0.2, 0.25) is 5.02 Å². The van der Waals surface area contributed by atoms with E-state index in [1.54, 1.807) is 24.3 Å². The van der Waals surface area contributed by atoms with Gasteiger partial charge in [-0.15, -0.1) is 11.3 Å². The first-order valence-electron chi connectivity index (χ1n) is 7.78. The summed E-state index contributed by atoms with van der Waals surface area (Å²) in [5.41, 5.74) is 0.978. The lowest BCUT2D eigenvalue weighted by Gasteiger charge is -2.16. The fourth-order valence-corrected chi connectivity index (χ4v) is 4.06. The Balaban J connectivity index is 1.88. The minimum atomic E-state index is -1.01. The van der Waals surface area contributed by atoms with E-state index >= 15 is 0 Å². The minimum absolute atomic E-state index is 0.0613. The van der Waals surface area contributed by atoms with Crippen molar-refractivity contribution in [1.29, 1.82) is 0 Å². The van der Waals surface area contributed by atoms with E-state index in [1.807, 2.05) is 24.3 Å². The van der Waals surface area contributed by atoms with E-state index < -0.39 is 5.97 Å². The molecule has 0 saturated heterocycles. The SMILES string of the molecule is O=CN(c1ccc(C(=O)CCC(=O)O)cc1)c1sc2ccccc2c1Cl. The van der Waals surface area contributed by atoms with E-state index in [4.69, 9.17) is 16.7 Å². The van der Waals surface area contributed by atoms with Crippen LogP contribution >= 0.6 is 22.9 Å². The van der Waals surface area contributed by atoms with Gasteiger partial charge < -0.3 is 5.11 Å². The molecule has 0 saturated carbocycles. The van der Waals surface area contributed by atoms with E-state index in [2.05, 4.69) is 0 Å². The number of carboxylic acid groups (broad SMARTS) is 1. The molecule has 26 heavy (non-hydrogen) atoms. The molecule has 0 radical (unpaired) electrons. The van der Waals surface area contributed by atoms with E-state index in [9.17, 15) is 14.4 Å². The Bertz CT molecular complexity index is 981. The standard InChI is InChI=1S/C19H14ClNO4S/c20-18-14-3-1-2-4-16(14)26-19(18)21(11-22)13-7-5-12(6-8-13)15(23)9-10-17(24)25/h1-8,11H,9-10H2,(H,24,25). The zero-order chi connectivity index (χ0) is 18.7. The first-order valence-corrected chi connectivity index (χ1v) is 8.97. The highest BCUT2D eigenvalue weighted by Gasteiger charge is 2.18. The van der Waals surface area contributed by atoms with Crippen molar-refractivity contribution in [2.24, 2.45) is 0 Å². The van der Waals surface area contributed by atoms with Gasteiger partial charge in [-0.1, -0.05) is 29.8 Å². The van der Waals surface area contributed by atoms with Crippen molar-refractivity contribution in [3.63, 3.8) is 0 Å². The number of anilines is 2. The van der Waals surface area contributed by atoms with Crippen LogP contribution < -0.4 is 4.90 Å². The van der Waals surface area contributed by atoms with Crippen molar-refractivity contribution >= 4 is 61.9 Å². The molecule has 0 spiro atoms. The predicted octanol–water partition coefficient (Wildman–Crippen LogP) is 4.90. The number of hydrogen-bond acceptors (Lipinski definition) is 4. The van der Waals surface area contributed by atoms with Crippen molar-refractivity contribution in [1.82, 2.24) is 0 Å². The lowest BCUT2D eigenvalue weighted by Crippen LogP contribution is -2.13. The van der Waals surface area contributed by atoms with E-state index in [1.165, 1.54) is 16.2 Å². The average molecular weight is 388 g/mol. The Hall–Kier alpha value is -2.70. The maximum absolute atomic E-state index is 12.0. The number of hydrogen-bond donors (Lipinski definition) is 1. The summed E-state index contributed by atoms with van der Waals surface area (Å²) < 4.78 is 0.972. The van der Waals surface area contributed by atoms with E-state index in [0.717, 1.165) is 10.1 Å². The Morgan fingerprint density at radius 2 is 1.77 bits per heavy atom. The lowest BCUT2D eigenvalue weighted by molar-refractivity contribution is -0.136. The molecule has 0 aliphatic rings. The Kier molecular flexibility index (Phi) is 5.35. The molecule has 2 aromatic carbocycles. The lowest BCUT2D eigenvalue weighted by atomic mass is 10.1. The van der Waals surface area contributed by atoms with Crippen LogP contribution in [0.25, 0.3) is 10.1 Å². The molecular weight excluding hydrogens is 374 g/mol. The monoisotopic (exact) mass is 387 g/mol. The number of Topliss-reactive ketones (excluding diaryl/α,β-unsaturated/α-hetero) is 1. The van der Waals surface area contributed by atoms with Crippen LogP contribution in [0.1, 0.15) is 23.2 Å². The fraction of sp³-hybridized carbons (Fsp3) is 0.105. The predicted molar refractivity (Wildman–Crippen MR) is 103 cm³/mol. The third kappa shape index (κ3) is 3.61. The van der Waals surface area contributed by atoms with Crippen LogP contribution in [0, 0.1) is 0 Å². The van der Waals surface area contributed by atoms with Crippen molar-refractivity contribution in [2.45, 2.75) is 12.8 Å². The third-order valence-electron chi connectivity index (χ3n) is 3.88. The van der Waals surface area contributed by atoms with Crippen LogP contribution in [0.4, 0.5) is 10.7 Å². The molecule has 0 aliphatic heterocycles. The van der Waals surface area contributed by atoms with Gasteiger partial charge in [0.1, 0.15) is 5.00 Å². The van der Waals surface area contributed by atoms with Gasteiger partial charge in [0.25, 0.3) is 0 Å². The summed E-state index contributed by atoms with van der Waals surface area (Å²) in [4.78, 5) is 35.6. The first kappa shape index (κ1) is 18.1. The number of carbonyl (C=O) groups is 3. The van der Waals surface area contributed by atoms with Gasteiger partial charge in [0.2, 0.25) is 6.41 Å². The van der Waals surface area contributed by atoms with Crippen molar-refractivity contribution in [3.05, 3.63) is 59.1 Å². The van der Waals surface area contributed by atoms with Crippen LogP contribution in [0.5, 0.6) is 0 Å². The molecule has 3 aromatic rings. The zero-order valence-electron chi connectivity index (χ0n) is 13.5. The molecule has 1 aromatic heterocycles. The largest absolute Gasteiger partial charge is 0.481 e. The third-order valence-corrected chi connectivity index (χ3v) is 5.54. The van der Waals surface area contributed by atoms with Gasteiger partial charge in [0, 0.05) is 27.8 Å². The zero-order valence-corrected chi connectivity index (χ0v) is 15.1. The number of carbonyl (C=O) groups excluding carboxylic acids is 2. The number of amides is 1. The molecule has 0 fully saturated rings. The normalized spacial score (nSPS) is 10.7. The van der Waals surface area contributed by atoms with Crippen LogP contribution in [0.3, 0.4) is 0 Å². The highest BCUT2D eigenvalue weighted by molar-refractivity contribution is 7.23. The second-order valence-electron chi connectivity index (χ2n) is 5.56. The minimum Gasteiger partial charge on any atom is -0.481 e. The molecular formula is C19H14ClNO4S. The summed E-state index contributed by atoms with van der Waals surface area (Å²) in [5, 5.41) is 10.6. The molecule has 3 rings (SSSR count). The maximum atomic E-state index is 12.0. The quantitative estimate of drug-likeness (QED) is 0.462. The van der Waals surface area contributed by atoms with Gasteiger partial charge in [0.05, 0.1) is 11.4 Å². The fourth-order valence-electron chi connectivity index (χ4n) is 2.55. The Morgan fingerprint density at radius 1 is 1.08 bits per heavy atom. The van der Waals surface area contributed by atoms with Crippen LogP contribution in [0.15, 0.2) is 48.5 Å². The van der Waals surface area contributed by atoms with Gasteiger partial charge in [-0.3, -0.25) is 19.3 Å². The number of fused-ring (bicyclic) bond motifs is 1. The molecule has 1 amide bonds. The number of halogens is 1. The highest BCUT2D eigenvalue weighted by atomic mass is 35.5. The van der Waals surface area contributed by atoms with Gasteiger partial charge in [-0.25, -0.2) is 0 Å². The van der Waals surface area contributed by atoms with Crippen LogP contribution in [-0.2, 0) is 9.59 Å². The molecule has 0 bridgehead atoms. The smallest absolute Gasteiger partial charge is 0.303 e. The van der Waals surface area contributed by atoms with E-state index in [-0.39, 0.29) is 18.6 Å². The second-order valence-corrected chi connectivity index (χ2v) is 6.97. The van der Waals surface area contributed by atoms with E-state index in [0.29, 0.717) is 27.7 Å². The Morgan fingerprint density at radius 3 is 2.38 bits per heavy atom. The van der Waals surface area contributed by atoms with Crippen molar-refractivity contribution in [2.75, 3.05) is 4.90 Å². The van der Waals surface area contributed by atoms with Crippen molar-refractivity contribution < 1.29 is 19.5 Å². The second kappa shape index (κ2) is 7.68. The summed E-state index contributed by atoms with van der Waals surface area (Å²) in [5.74, 6) is -1.27. The number of rotatable bonds is 7. The van der Waals surface area contributed by atoms with Gasteiger partial charge in [0.15, 0.2) is 5.78 Å². The molecule has 0 atom stereocenters. The van der Waals surface area contributed by atoms with Gasteiger partial charge in [-0.05, 0) is 30.3 Å². The van der Waals surface area contributed by atoms with Crippen molar-refractivity contribution in [3.8, 4) is 0 Å². The molecule has 132 valence electrons. The number of ketones is 1. The molecule has 0 unspecified atom stereocenters. The summed E-state index contributed by atoms with van der Waals surface area (Å²) >= 11 is 7.84. The molecule has 1 heterocycles. The number of aliphatic carboxylic acids is 1. The summed E-state index contributed by atoms with van der Waals surface area (Å²) in [7, 11) is 0. The first-order chi connectivity index (χ1) is 12.5. The average Bonchev–Trinajstić information content (AvgIpc) is 2.98. The number of thiophene rings is 1. The molecule has 1 N–H and O–H groups in total. The molecule has 7 heteroatoms. The molecule has 5 nitrogen and oxygen atoms in total. The summed E-state index contributed by atoms with van der Waals surface area (Å²) in [6, 6.07) is 14.1. The number of benzene rings is 2. The van der Waals surface area contributed by atoms with Crippen LogP contribution in [-0.4, -0.2) is 23.3 Å². The summed E-state index contributed by atoms with van der Waals surface area (Å²) in [6.07, 6.45) is 0.407. The topological polar surface area (TPSA) is 74.7 Å². The van der Waals surface area contributed by atoms with Gasteiger partial charge in [-0.2, -0.15) is 0 Å².